The van der Waals surface area contributed by atoms with Crippen molar-refractivity contribution in [2.24, 2.45) is 17.8 Å². The van der Waals surface area contributed by atoms with Gasteiger partial charge in [-0.1, -0.05) is 18.6 Å². The van der Waals surface area contributed by atoms with Gasteiger partial charge in [0.2, 0.25) is 0 Å². The van der Waals surface area contributed by atoms with Crippen molar-refractivity contribution in [2.75, 3.05) is 6.61 Å². The van der Waals surface area contributed by atoms with Gasteiger partial charge in [0.1, 0.15) is 0 Å². The normalized spacial score (nSPS) is 36.8. The number of fused-ring (bicyclic) bond motifs is 2. The summed E-state index contributed by atoms with van der Waals surface area (Å²) in [6.45, 7) is 3.04. The Morgan fingerprint density at radius 3 is 2.92 bits per heavy atom. The highest BCUT2D eigenvalue weighted by molar-refractivity contribution is 6.26. The summed E-state index contributed by atoms with van der Waals surface area (Å²) in [6, 6.07) is 1.40. The highest BCUT2D eigenvalue weighted by Crippen LogP contribution is 2.45. The summed E-state index contributed by atoms with van der Waals surface area (Å²) in [5, 5.41) is 0. The van der Waals surface area contributed by atoms with Gasteiger partial charge in [-0.3, -0.25) is 0 Å². The van der Waals surface area contributed by atoms with Gasteiger partial charge in [0, 0.05) is 6.61 Å². The maximum absolute atomic E-state index is 5.49. The average molecular weight is 196 g/mol. The number of hydrogen-bond acceptors (Lipinski definition) is 1. The lowest BCUT2D eigenvalue weighted by Crippen LogP contribution is -2.08. The van der Waals surface area contributed by atoms with E-state index in [0.29, 0.717) is 0 Å². The van der Waals surface area contributed by atoms with Gasteiger partial charge in [0.25, 0.3) is 0 Å². The molecule has 2 rings (SSSR count). The third-order valence-electron chi connectivity index (χ3n) is 3.48. The first kappa shape index (κ1) is 9.47. The van der Waals surface area contributed by atoms with E-state index >= 15 is 0 Å². The summed E-state index contributed by atoms with van der Waals surface area (Å²) in [5.41, 5.74) is 0. The molecule has 2 heteroatoms. The summed E-state index contributed by atoms with van der Waals surface area (Å²) < 4.78 is 5.49. The first-order chi connectivity index (χ1) is 6.40. The maximum Gasteiger partial charge on any atom is 0.161 e. The summed E-state index contributed by atoms with van der Waals surface area (Å²) in [7, 11) is -0.162. The van der Waals surface area contributed by atoms with Crippen LogP contribution in [-0.2, 0) is 4.43 Å². The molecule has 1 nitrogen and oxygen atoms in total. The van der Waals surface area contributed by atoms with E-state index in [1.165, 1.54) is 25.3 Å². The number of hydrogen-bond donors (Lipinski definition) is 0. The zero-order valence-corrected chi connectivity index (χ0v) is 9.95. The van der Waals surface area contributed by atoms with Crippen molar-refractivity contribution in [3.8, 4) is 0 Å². The van der Waals surface area contributed by atoms with E-state index in [0.717, 1.165) is 24.4 Å². The zero-order chi connectivity index (χ0) is 9.10. The van der Waals surface area contributed by atoms with Crippen molar-refractivity contribution in [1.82, 2.24) is 0 Å². The van der Waals surface area contributed by atoms with Gasteiger partial charge in [-0.05, 0) is 43.6 Å². The highest BCUT2D eigenvalue weighted by Gasteiger charge is 2.34. The lowest BCUT2D eigenvalue weighted by atomic mass is 9.91. The molecule has 2 aliphatic carbocycles. The second-order valence-electron chi connectivity index (χ2n) is 4.38. The van der Waals surface area contributed by atoms with Crippen LogP contribution >= 0.6 is 0 Å². The van der Waals surface area contributed by atoms with Gasteiger partial charge in [0.15, 0.2) is 9.76 Å². The van der Waals surface area contributed by atoms with Crippen molar-refractivity contribution in [3.63, 3.8) is 0 Å². The van der Waals surface area contributed by atoms with Gasteiger partial charge in [0.05, 0.1) is 0 Å². The summed E-state index contributed by atoms with van der Waals surface area (Å²) in [6.07, 6.45) is 9.27. The predicted molar refractivity (Wildman–Crippen MR) is 58.4 cm³/mol. The molecule has 2 aliphatic rings. The Hall–Kier alpha value is -0.0831. The number of allylic oxidation sites excluding steroid dienone is 2. The van der Waals surface area contributed by atoms with Crippen molar-refractivity contribution in [3.05, 3.63) is 12.2 Å². The molecule has 0 aromatic carbocycles. The van der Waals surface area contributed by atoms with Crippen LogP contribution < -0.4 is 0 Å². The smallest absolute Gasteiger partial charge is 0.161 e. The monoisotopic (exact) mass is 196 g/mol. The van der Waals surface area contributed by atoms with Crippen LogP contribution in [0.1, 0.15) is 26.2 Å². The first-order valence-corrected chi connectivity index (χ1v) is 7.24. The predicted octanol–water partition coefficient (Wildman–Crippen LogP) is 2.13. The molecule has 0 amide bonds. The Labute approximate surface area is 83.5 Å². The Balaban J connectivity index is 1.64. The second-order valence-corrected chi connectivity index (χ2v) is 5.90. The highest BCUT2D eigenvalue weighted by atomic mass is 28.2. The summed E-state index contributed by atoms with van der Waals surface area (Å²) in [5.74, 6) is 2.91. The van der Waals surface area contributed by atoms with E-state index in [4.69, 9.17) is 4.43 Å². The van der Waals surface area contributed by atoms with E-state index in [9.17, 15) is 0 Å². The van der Waals surface area contributed by atoms with Crippen LogP contribution in [0.4, 0.5) is 0 Å². The zero-order valence-electron chi connectivity index (χ0n) is 8.54. The lowest BCUT2D eigenvalue weighted by Gasteiger charge is -2.17. The van der Waals surface area contributed by atoms with Crippen molar-refractivity contribution >= 4 is 9.76 Å². The molecule has 1 saturated carbocycles. The van der Waals surface area contributed by atoms with E-state index in [1.54, 1.807) is 0 Å². The molecule has 3 atom stereocenters. The van der Waals surface area contributed by atoms with Crippen LogP contribution in [0.15, 0.2) is 12.2 Å². The molecular weight excluding hydrogens is 176 g/mol. The van der Waals surface area contributed by atoms with E-state index in [2.05, 4.69) is 19.1 Å². The summed E-state index contributed by atoms with van der Waals surface area (Å²) >= 11 is 0. The minimum Gasteiger partial charge on any atom is -0.424 e. The fourth-order valence-electron chi connectivity index (χ4n) is 2.82. The fourth-order valence-corrected chi connectivity index (χ4v) is 4.00. The molecule has 13 heavy (non-hydrogen) atoms. The molecule has 1 fully saturated rings. The third kappa shape index (κ3) is 2.23. The molecule has 0 radical (unpaired) electrons. The largest absolute Gasteiger partial charge is 0.424 e. The summed E-state index contributed by atoms with van der Waals surface area (Å²) in [4.78, 5) is 0. The van der Waals surface area contributed by atoms with Gasteiger partial charge in [-0.2, -0.15) is 0 Å². The Morgan fingerprint density at radius 1 is 1.38 bits per heavy atom. The van der Waals surface area contributed by atoms with Gasteiger partial charge < -0.3 is 4.43 Å². The van der Waals surface area contributed by atoms with Gasteiger partial charge in [-0.15, -0.1) is 0 Å². The fraction of sp³-hybridized carbons (Fsp3) is 0.818. The topological polar surface area (TPSA) is 9.23 Å². The van der Waals surface area contributed by atoms with E-state index < -0.39 is 0 Å². The minimum atomic E-state index is -0.162. The van der Waals surface area contributed by atoms with E-state index in [1.807, 2.05) is 0 Å². The molecule has 0 aliphatic heterocycles. The molecule has 74 valence electrons. The maximum atomic E-state index is 5.49. The Morgan fingerprint density at radius 2 is 2.31 bits per heavy atom. The minimum absolute atomic E-state index is 0.162. The van der Waals surface area contributed by atoms with Crippen LogP contribution in [0.5, 0.6) is 0 Å². The molecular formula is C11H20OSi. The molecule has 0 heterocycles. The molecule has 3 unspecified atom stereocenters. The SMILES string of the molecule is CCO[SiH2]CCC1CC2C=CC1C2. The van der Waals surface area contributed by atoms with Crippen molar-refractivity contribution in [2.45, 2.75) is 32.2 Å². The van der Waals surface area contributed by atoms with Crippen LogP contribution in [0.25, 0.3) is 0 Å². The van der Waals surface area contributed by atoms with Crippen LogP contribution in [-0.4, -0.2) is 16.4 Å². The Kier molecular flexibility index (Phi) is 3.22. The second kappa shape index (κ2) is 4.42. The van der Waals surface area contributed by atoms with Crippen LogP contribution in [0, 0.1) is 17.8 Å². The van der Waals surface area contributed by atoms with Crippen molar-refractivity contribution in [1.29, 1.82) is 0 Å². The average Bonchev–Trinajstić information content (AvgIpc) is 2.73. The standard InChI is InChI=1S/C11H20OSi/c1-2-12-13-6-5-11-8-9-3-4-10(11)7-9/h3-4,9-11H,2,5-8,13H2,1H3. The van der Waals surface area contributed by atoms with E-state index in [-0.39, 0.29) is 9.76 Å². The molecule has 2 bridgehead atoms. The first-order valence-electron chi connectivity index (χ1n) is 5.66. The number of rotatable bonds is 5. The third-order valence-corrected chi connectivity index (χ3v) is 4.88. The Bertz CT molecular complexity index is 191. The lowest BCUT2D eigenvalue weighted by molar-refractivity contribution is 0.352. The van der Waals surface area contributed by atoms with Gasteiger partial charge in [-0.25, -0.2) is 0 Å². The van der Waals surface area contributed by atoms with Crippen LogP contribution in [0.3, 0.4) is 0 Å². The molecule has 0 aromatic rings. The molecule has 0 aromatic heterocycles. The quantitative estimate of drug-likeness (QED) is 0.372. The molecule has 0 saturated heterocycles. The van der Waals surface area contributed by atoms with Crippen molar-refractivity contribution < 1.29 is 4.43 Å². The van der Waals surface area contributed by atoms with Gasteiger partial charge >= 0.3 is 0 Å². The molecule has 0 N–H and O–H groups in total. The van der Waals surface area contributed by atoms with Crippen LogP contribution in [0.2, 0.25) is 6.04 Å². The molecule has 0 spiro atoms.